The van der Waals surface area contributed by atoms with Gasteiger partial charge in [0.15, 0.2) is 0 Å². The van der Waals surface area contributed by atoms with Gasteiger partial charge in [0.1, 0.15) is 11.3 Å². The summed E-state index contributed by atoms with van der Waals surface area (Å²) in [4.78, 5) is 11.5. The third-order valence-corrected chi connectivity index (χ3v) is 14.2. The monoisotopic (exact) mass is 645 g/mol. The fourth-order valence-corrected chi connectivity index (χ4v) is 11.9. The van der Waals surface area contributed by atoms with E-state index in [9.17, 15) is 9.90 Å². The molecule has 1 heterocycles. The summed E-state index contributed by atoms with van der Waals surface area (Å²) >= 11 is -1.98. The second kappa shape index (κ2) is 13.6. The Bertz CT molecular complexity index is 1580. The van der Waals surface area contributed by atoms with Crippen molar-refractivity contribution in [3.63, 3.8) is 0 Å². The first-order valence-electron chi connectivity index (χ1n) is 13.3. The SMILES string of the molecule is Cc1nn(-c2ccccc2)c(Oc2ccccc2)c1C(=O)O.c1cc[c]([Sn]([c]2ccccc2)[c]2ccccc2)cc1. The van der Waals surface area contributed by atoms with E-state index in [0.29, 0.717) is 11.4 Å². The number of carbonyl (C=O) groups is 1. The van der Waals surface area contributed by atoms with Crippen LogP contribution in [0.15, 0.2) is 152 Å². The first-order chi connectivity index (χ1) is 20.1. The van der Waals surface area contributed by atoms with Crippen LogP contribution in [0.5, 0.6) is 11.6 Å². The van der Waals surface area contributed by atoms with Gasteiger partial charge in [0, 0.05) is 0 Å². The van der Waals surface area contributed by atoms with Gasteiger partial charge in [-0.25, -0.2) is 4.79 Å². The molecule has 1 radical (unpaired) electrons. The van der Waals surface area contributed by atoms with E-state index in [4.69, 9.17) is 4.74 Å². The topological polar surface area (TPSA) is 64.4 Å². The quantitative estimate of drug-likeness (QED) is 0.221. The normalized spacial score (nSPS) is 10.5. The van der Waals surface area contributed by atoms with E-state index >= 15 is 0 Å². The van der Waals surface area contributed by atoms with Crippen LogP contribution in [0.2, 0.25) is 0 Å². The number of ether oxygens (including phenoxy) is 1. The average Bonchev–Trinajstić information content (AvgIpc) is 3.36. The number of aromatic nitrogens is 2. The second-order valence-corrected chi connectivity index (χ2v) is 16.3. The molecule has 1 aromatic heterocycles. The number of hydrogen-bond donors (Lipinski definition) is 1. The van der Waals surface area contributed by atoms with Crippen molar-refractivity contribution in [1.29, 1.82) is 0 Å². The molecule has 6 heteroatoms. The zero-order chi connectivity index (χ0) is 28.4. The number of carboxylic acids is 1. The predicted molar refractivity (Wildman–Crippen MR) is 166 cm³/mol. The molecule has 41 heavy (non-hydrogen) atoms. The van der Waals surface area contributed by atoms with E-state index in [1.807, 2.05) is 48.5 Å². The standard InChI is InChI=1S/C17H14N2O3.3C6H5.Sn/c1-12-15(17(20)21)16(22-14-10-6-3-7-11-14)19(18-12)13-8-4-2-5-9-13;3*1-2-4-6-5-3-1;/h2-11H,1H3,(H,20,21);3*1-5H;. The summed E-state index contributed by atoms with van der Waals surface area (Å²) in [5, 5.41) is 13.8. The molecule has 0 aliphatic rings. The summed E-state index contributed by atoms with van der Waals surface area (Å²) < 4.78 is 11.9. The fourth-order valence-electron chi connectivity index (χ4n) is 4.51. The molecule has 0 unspecified atom stereocenters. The Morgan fingerprint density at radius 1 is 0.634 bits per heavy atom. The third kappa shape index (κ3) is 6.94. The molecule has 0 saturated heterocycles. The van der Waals surface area contributed by atoms with Crippen molar-refractivity contribution in [3.8, 4) is 17.3 Å². The molecule has 5 aromatic carbocycles. The zero-order valence-corrected chi connectivity index (χ0v) is 25.4. The summed E-state index contributed by atoms with van der Waals surface area (Å²) in [5.41, 5.74) is 1.21. The van der Waals surface area contributed by atoms with Crippen LogP contribution in [0.1, 0.15) is 16.1 Å². The van der Waals surface area contributed by atoms with Crippen molar-refractivity contribution in [2.24, 2.45) is 0 Å². The molecule has 0 aliphatic heterocycles. The van der Waals surface area contributed by atoms with Gasteiger partial charge in [-0.05, 0) is 31.2 Å². The maximum absolute atomic E-state index is 11.5. The summed E-state index contributed by atoms with van der Waals surface area (Å²) in [7, 11) is 0. The van der Waals surface area contributed by atoms with Crippen LogP contribution in [-0.2, 0) is 0 Å². The molecule has 0 spiro atoms. The number of benzene rings is 5. The van der Waals surface area contributed by atoms with Gasteiger partial charge in [-0.3, -0.25) is 0 Å². The van der Waals surface area contributed by atoms with Gasteiger partial charge >= 0.3 is 127 Å². The molecule has 0 bridgehead atoms. The average molecular weight is 644 g/mol. The number of para-hydroxylation sites is 2. The van der Waals surface area contributed by atoms with Crippen molar-refractivity contribution in [1.82, 2.24) is 9.78 Å². The van der Waals surface area contributed by atoms with Crippen molar-refractivity contribution in [2.45, 2.75) is 6.92 Å². The van der Waals surface area contributed by atoms with E-state index in [1.54, 1.807) is 19.1 Å². The van der Waals surface area contributed by atoms with Crippen LogP contribution in [-0.4, -0.2) is 40.6 Å². The Morgan fingerprint density at radius 3 is 1.44 bits per heavy atom. The molecule has 1 N–H and O–H groups in total. The molecule has 0 aliphatic carbocycles. The van der Waals surface area contributed by atoms with Crippen LogP contribution in [0, 0.1) is 6.92 Å². The fraction of sp³-hybridized carbons (Fsp3) is 0.0286. The van der Waals surface area contributed by atoms with Gasteiger partial charge in [0.2, 0.25) is 5.88 Å². The number of nitrogens with zero attached hydrogens (tertiary/aromatic N) is 2. The van der Waals surface area contributed by atoms with Crippen molar-refractivity contribution in [2.75, 3.05) is 0 Å². The van der Waals surface area contributed by atoms with E-state index in [0.717, 1.165) is 5.69 Å². The summed E-state index contributed by atoms with van der Waals surface area (Å²) in [5.74, 6) is -0.310. The number of aryl methyl sites for hydroxylation is 1. The Balaban J connectivity index is 0.000000166. The van der Waals surface area contributed by atoms with Gasteiger partial charge < -0.3 is 9.84 Å². The van der Waals surface area contributed by atoms with E-state index < -0.39 is 25.7 Å². The molecule has 6 aromatic rings. The van der Waals surface area contributed by atoms with Gasteiger partial charge in [-0.2, -0.15) is 9.78 Å². The van der Waals surface area contributed by atoms with Gasteiger partial charge in [-0.15, -0.1) is 0 Å². The van der Waals surface area contributed by atoms with Gasteiger partial charge in [0.05, 0.1) is 11.4 Å². The first kappa shape index (κ1) is 27.9. The number of hydrogen-bond acceptors (Lipinski definition) is 3. The van der Waals surface area contributed by atoms with E-state index in [-0.39, 0.29) is 11.4 Å². The van der Waals surface area contributed by atoms with Crippen LogP contribution >= 0.6 is 0 Å². The molecular formula is C35H29N2O3Sn. The van der Waals surface area contributed by atoms with Crippen molar-refractivity contribution >= 4 is 36.5 Å². The Labute approximate surface area is 247 Å². The first-order valence-corrected chi connectivity index (χ1v) is 17.5. The third-order valence-electron chi connectivity index (χ3n) is 6.38. The van der Waals surface area contributed by atoms with Crippen molar-refractivity contribution in [3.05, 3.63) is 163 Å². The van der Waals surface area contributed by atoms with E-state index in [1.165, 1.54) is 15.4 Å². The van der Waals surface area contributed by atoms with Crippen molar-refractivity contribution < 1.29 is 14.6 Å². The molecule has 0 saturated carbocycles. The van der Waals surface area contributed by atoms with E-state index in [2.05, 4.69) is 96.1 Å². The minimum atomic E-state index is -1.98. The van der Waals surface area contributed by atoms with Crippen LogP contribution in [0.4, 0.5) is 0 Å². The molecule has 5 nitrogen and oxygen atoms in total. The number of rotatable bonds is 7. The van der Waals surface area contributed by atoms with Gasteiger partial charge in [-0.1, -0.05) is 36.4 Å². The summed E-state index contributed by atoms with van der Waals surface area (Å²) in [6.07, 6.45) is 0. The molecule has 201 valence electrons. The number of aromatic carboxylic acids is 1. The molecule has 6 rings (SSSR count). The minimum absolute atomic E-state index is 0.0627. The summed E-state index contributed by atoms with van der Waals surface area (Å²) in [6, 6.07) is 51.3. The zero-order valence-electron chi connectivity index (χ0n) is 22.6. The Morgan fingerprint density at radius 2 is 1.02 bits per heavy atom. The molecule has 0 amide bonds. The van der Waals surface area contributed by atoms with Crippen LogP contribution in [0.3, 0.4) is 0 Å². The van der Waals surface area contributed by atoms with Gasteiger partial charge in [0.25, 0.3) is 0 Å². The molecule has 0 fully saturated rings. The molecule has 0 atom stereocenters. The maximum atomic E-state index is 11.5. The predicted octanol–water partition coefficient (Wildman–Crippen LogP) is 5.87. The van der Waals surface area contributed by atoms with Crippen LogP contribution < -0.4 is 15.5 Å². The number of carboxylic acid groups (broad SMARTS) is 1. The summed E-state index contributed by atoms with van der Waals surface area (Å²) in [6.45, 7) is 1.65. The second-order valence-electron chi connectivity index (χ2n) is 9.21. The molecular weight excluding hydrogens is 615 g/mol. The Hall–Kier alpha value is -4.62. The Kier molecular flexibility index (Phi) is 9.29. The van der Waals surface area contributed by atoms with Crippen LogP contribution in [0.25, 0.3) is 5.69 Å².